The Morgan fingerprint density at radius 2 is 1.74 bits per heavy atom. The standard InChI is InChI=1S/C23H35N3O5/c1-8-26(9-2)12-10-11-15(3)24-23(27)20-16(4)25-31-21(20)17-13-18(28-5)22(30-7)19(14-17)29-6/h13-15H,8-12H2,1-7H3,(H,24,27)/t15-/m1/s1. The van der Waals surface area contributed by atoms with E-state index >= 15 is 0 Å². The van der Waals surface area contributed by atoms with Crippen molar-refractivity contribution in [3.63, 3.8) is 0 Å². The van der Waals surface area contributed by atoms with E-state index < -0.39 is 0 Å². The molecule has 1 N–H and O–H groups in total. The van der Waals surface area contributed by atoms with Crippen LogP contribution in [0.25, 0.3) is 11.3 Å². The van der Waals surface area contributed by atoms with Gasteiger partial charge in [0.2, 0.25) is 5.75 Å². The second-order valence-electron chi connectivity index (χ2n) is 7.43. The summed E-state index contributed by atoms with van der Waals surface area (Å²) in [6.07, 6.45) is 1.91. The van der Waals surface area contributed by atoms with Crippen LogP contribution < -0.4 is 19.5 Å². The summed E-state index contributed by atoms with van der Waals surface area (Å²) >= 11 is 0. The number of benzene rings is 1. The third-order valence-electron chi connectivity index (χ3n) is 5.40. The van der Waals surface area contributed by atoms with E-state index in [2.05, 4.69) is 29.2 Å². The lowest BCUT2D eigenvalue weighted by Gasteiger charge is -2.19. The molecule has 0 aliphatic heterocycles. The van der Waals surface area contributed by atoms with Gasteiger partial charge in [-0.25, -0.2) is 0 Å². The first-order chi connectivity index (χ1) is 14.9. The van der Waals surface area contributed by atoms with E-state index in [9.17, 15) is 4.79 Å². The normalized spacial score (nSPS) is 12.0. The highest BCUT2D eigenvalue weighted by molar-refractivity contribution is 6.01. The molecule has 1 aromatic carbocycles. The number of aryl methyl sites for hydroxylation is 1. The van der Waals surface area contributed by atoms with Gasteiger partial charge in [0.05, 0.1) is 27.0 Å². The molecule has 0 aliphatic carbocycles. The summed E-state index contributed by atoms with van der Waals surface area (Å²) in [6, 6.07) is 3.52. The van der Waals surface area contributed by atoms with Gasteiger partial charge in [-0.05, 0) is 58.5 Å². The molecule has 0 bridgehead atoms. The van der Waals surface area contributed by atoms with Gasteiger partial charge in [0.1, 0.15) is 5.56 Å². The quantitative estimate of drug-likeness (QED) is 0.543. The molecule has 1 atom stereocenters. The van der Waals surface area contributed by atoms with Crippen LogP contribution in [0.3, 0.4) is 0 Å². The Balaban J connectivity index is 2.22. The van der Waals surface area contributed by atoms with E-state index in [-0.39, 0.29) is 11.9 Å². The van der Waals surface area contributed by atoms with Crippen LogP contribution in [0.1, 0.15) is 49.7 Å². The van der Waals surface area contributed by atoms with Crippen LogP contribution in [0, 0.1) is 6.92 Å². The summed E-state index contributed by atoms with van der Waals surface area (Å²) < 4.78 is 21.8. The Labute approximate surface area is 184 Å². The molecule has 0 saturated carbocycles. The predicted octanol–water partition coefficient (Wildman–Crippen LogP) is 3.92. The van der Waals surface area contributed by atoms with Gasteiger partial charge in [-0.1, -0.05) is 19.0 Å². The van der Waals surface area contributed by atoms with Crippen LogP contribution in [0.4, 0.5) is 0 Å². The number of aromatic nitrogens is 1. The van der Waals surface area contributed by atoms with Gasteiger partial charge in [-0.3, -0.25) is 4.79 Å². The van der Waals surface area contributed by atoms with Crippen LogP contribution in [0.5, 0.6) is 17.2 Å². The molecule has 0 unspecified atom stereocenters. The number of amides is 1. The molecule has 8 heteroatoms. The number of nitrogens with one attached hydrogen (secondary N) is 1. The van der Waals surface area contributed by atoms with Crippen molar-refractivity contribution >= 4 is 5.91 Å². The van der Waals surface area contributed by atoms with Gasteiger partial charge in [-0.15, -0.1) is 0 Å². The van der Waals surface area contributed by atoms with Gasteiger partial charge in [0.15, 0.2) is 17.3 Å². The number of methoxy groups -OCH3 is 3. The van der Waals surface area contributed by atoms with Gasteiger partial charge in [-0.2, -0.15) is 0 Å². The first-order valence-corrected chi connectivity index (χ1v) is 10.7. The first-order valence-electron chi connectivity index (χ1n) is 10.7. The van der Waals surface area contributed by atoms with Crippen molar-refractivity contribution in [3.8, 4) is 28.6 Å². The third kappa shape index (κ3) is 5.91. The Hall–Kier alpha value is -2.74. The molecule has 2 aromatic rings. The van der Waals surface area contributed by atoms with Crippen molar-refractivity contribution in [1.29, 1.82) is 0 Å². The van der Waals surface area contributed by atoms with E-state index in [1.165, 1.54) is 0 Å². The summed E-state index contributed by atoms with van der Waals surface area (Å²) in [6.45, 7) is 11.2. The third-order valence-corrected chi connectivity index (χ3v) is 5.40. The summed E-state index contributed by atoms with van der Waals surface area (Å²) in [5.74, 6) is 1.57. The molecule has 1 amide bonds. The van der Waals surface area contributed by atoms with Gasteiger partial charge < -0.3 is 29.0 Å². The summed E-state index contributed by atoms with van der Waals surface area (Å²) in [7, 11) is 4.62. The number of ether oxygens (including phenoxy) is 3. The van der Waals surface area contributed by atoms with Crippen LogP contribution in [0.15, 0.2) is 16.7 Å². The Bertz CT molecular complexity index is 836. The van der Waals surface area contributed by atoms with Crippen LogP contribution in [-0.4, -0.2) is 63.0 Å². The van der Waals surface area contributed by atoms with Crippen LogP contribution in [0.2, 0.25) is 0 Å². The molecule has 0 aliphatic rings. The molecule has 172 valence electrons. The fourth-order valence-electron chi connectivity index (χ4n) is 3.58. The number of hydrogen-bond donors (Lipinski definition) is 1. The number of rotatable bonds is 12. The molecule has 2 rings (SSSR count). The zero-order chi connectivity index (χ0) is 23.0. The maximum absolute atomic E-state index is 13.1. The van der Waals surface area contributed by atoms with E-state index in [4.69, 9.17) is 18.7 Å². The maximum Gasteiger partial charge on any atom is 0.257 e. The predicted molar refractivity (Wildman–Crippen MR) is 120 cm³/mol. The minimum Gasteiger partial charge on any atom is -0.493 e. The average Bonchev–Trinajstić information content (AvgIpc) is 3.17. The van der Waals surface area contributed by atoms with E-state index in [0.29, 0.717) is 39.8 Å². The lowest BCUT2D eigenvalue weighted by molar-refractivity contribution is 0.0937. The smallest absolute Gasteiger partial charge is 0.257 e. The molecular formula is C23H35N3O5. The lowest BCUT2D eigenvalue weighted by Crippen LogP contribution is -2.34. The summed E-state index contributed by atoms with van der Waals surface area (Å²) in [5.41, 5.74) is 1.55. The topological polar surface area (TPSA) is 86.1 Å². The number of hydrogen-bond acceptors (Lipinski definition) is 7. The number of carbonyl (C=O) groups excluding carboxylic acids is 1. The SMILES string of the molecule is CCN(CC)CCC[C@@H](C)NC(=O)c1c(C)noc1-c1cc(OC)c(OC)c(OC)c1. The maximum atomic E-state index is 13.1. The number of carbonyl (C=O) groups is 1. The number of nitrogens with zero attached hydrogens (tertiary/aromatic N) is 2. The highest BCUT2D eigenvalue weighted by Crippen LogP contribution is 2.42. The molecule has 8 nitrogen and oxygen atoms in total. The van der Waals surface area contributed by atoms with Gasteiger partial charge in [0, 0.05) is 11.6 Å². The Morgan fingerprint density at radius 1 is 1.13 bits per heavy atom. The highest BCUT2D eigenvalue weighted by atomic mass is 16.5. The van der Waals surface area contributed by atoms with Gasteiger partial charge in [0.25, 0.3) is 5.91 Å². The summed E-state index contributed by atoms with van der Waals surface area (Å²) in [5, 5.41) is 7.11. The Morgan fingerprint density at radius 3 is 2.26 bits per heavy atom. The molecule has 31 heavy (non-hydrogen) atoms. The van der Waals surface area contributed by atoms with E-state index in [1.807, 2.05) is 6.92 Å². The van der Waals surface area contributed by atoms with Crippen molar-refractivity contribution in [2.24, 2.45) is 0 Å². The molecule has 0 saturated heterocycles. The Kier molecular flexibility index (Phi) is 9.18. The van der Waals surface area contributed by atoms with Gasteiger partial charge >= 0.3 is 0 Å². The van der Waals surface area contributed by atoms with Crippen molar-refractivity contribution in [2.45, 2.75) is 46.6 Å². The minimum atomic E-state index is -0.210. The summed E-state index contributed by atoms with van der Waals surface area (Å²) in [4.78, 5) is 15.4. The zero-order valence-electron chi connectivity index (χ0n) is 19.7. The van der Waals surface area contributed by atoms with Crippen molar-refractivity contribution in [2.75, 3.05) is 41.0 Å². The zero-order valence-corrected chi connectivity index (χ0v) is 19.7. The van der Waals surface area contributed by atoms with Crippen molar-refractivity contribution < 1.29 is 23.5 Å². The molecular weight excluding hydrogens is 398 g/mol. The van der Waals surface area contributed by atoms with E-state index in [0.717, 1.165) is 32.5 Å². The fraction of sp³-hybridized carbons (Fsp3) is 0.565. The molecule has 0 radical (unpaired) electrons. The van der Waals surface area contributed by atoms with Crippen LogP contribution >= 0.6 is 0 Å². The molecule has 1 aromatic heterocycles. The largest absolute Gasteiger partial charge is 0.493 e. The van der Waals surface area contributed by atoms with Crippen molar-refractivity contribution in [3.05, 3.63) is 23.4 Å². The van der Waals surface area contributed by atoms with E-state index in [1.54, 1.807) is 40.4 Å². The minimum absolute atomic E-state index is 0.0325. The van der Waals surface area contributed by atoms with Crippen molar-refractivity contribution in [1.82, 2.24) is 15.4 Å². The fourth-order valence-corrected chi connectivity index (χ4v) is 3.58. The lowest BCUT2D eigenvalue weighted by atomic mass is 10.0. The van der Waals surface area contributed by atoms with Crippen LogP contribution in [-0.2, 0) is 0 Å². The first kappa shape index (κ1) is 24.5. The molecule has 1 heterocycles. The average molecular weight is 434 g/mol. The second-order valence-corrected chi connectivity index (χ2v) is 7.43. The highest BCUT2D eigenvalue weighted by Gasteiger charge is 2.25. The molecule has 0 fully saturated rings. The second kappa shape index (κ2) is 11.6. The molecule has 0 spiro atoms. The monoisotopic (exact) mass is 433 g/mol.